The van der Waals surface area contributed by atoms with Gasteiger partial charge in [0.2, 0.25) is 0 Å². The van der Waals surface area contributed by atoms with Crippen molar-refractivity contribution in [2.75, 3.05) is 6.54 Å². The Morgan fingerprint density at radius 3 is 2.50 bits per heavy atom. The molecule has 0 spiro atoms. The van der Waals surface area contributed by atoms with E-state index >= 15 is 0 Å². The predicted molar refractivity (Wildman–Crippen MR) is 72.1 cm³/mol. The monoisotopic (exact) mass is 237 g/mol. The van der Waals surface area contributed by atoms with Gasteiger partial charge in [0.25, 0.3) is 0 Å². The van der Waals surface area contributed by atoms with Gasteiger partial charge >= 0.3 is 0 Å². The van der Waals surface area contributed by atoms with Crippen molar-refractivity contribution in [1.82, 2.24) is 5.32 Å². The van der Waals surface area contributed by atoms with Crippen LogP contribution in [0.3, 0.4) is 0 Å². The molecule has 1 aliphatic carbocycles. The van der Waals surface area contributed by atoms with Crippen molar-refractivity contribution in [3.8, 4) is 0 Å². The number of rotatable bonds is 4. The second-order valence-corrected chi connectivity index (χ2v) is 7.16. The Morgan fingerprint density at radius 1 is 1.50 bits per heavy atom. The van der Waals surface area contributed by atoms with Gasteiger partial charge in [0.05, 0.1) is 0 Å². The number of aryl methyl sites for hydroxylation is 2. The molecule has 16 heavy (non-hydrogen) atoms. The molecule has 90 valence electrons. The molecule has 0 amide bonds. The van der Waals surface area contributed by atoms with Gasteiger partial charge in [0.1, 0.15) is 0 Å². The van der Waals surface area contributed by atoms with Crippen molar-refractivity contribution < 1.29 is 0 Å². The van der Waals surface area contributed by atoms with Crippen LogP contribution in [-0.4, -0.2) is 6.54 Å². The molecule has 0 aromatic carbocycles. The summed E-state index contributed by atoms with van der Waals surface area (Å²) in [6.07, 6.45) is 1.36. The van der Waals surface area contributed by atoms with Crippen LogP contribution in [0.5, 0.6) is 0 Å². The van der Waals surface area contributed by atoms with Crippen molar-refractivity contribution in [2.45, 2.75) is 47.1 Å². The first-order valence-corrected chi connectivity index (χ1v) is 7.07. The third-order valence-corrected chi connectivity index (χ3v) is 4.81. The lowest BCUT2D eigenvalue weighted by Crippen LogP contribution is -2.24. The van der Waals surface area contributed by atoms with Crippen molar-refractivity contribution in [2.24, 2.45) is 11.3 Å². The smallest absolute Gasteiger partial charge is 0.0364 e. The minimum atomic E-state index is 0.537. The first-order chi connectivity index (χ1) is 7.45. The van der Waals surface area contributed by atoms with Gasteiger partial charge in [-0.05, 0) is 49.8 Å². The summed E-state index contributed by atoms with van der Waals surface area (Å²) in [6.45, 7) is 12.5. The van der Waals surface area contributed by atoms with Crippen LogP contribution in [0.1, 0.15) is 48.6 Å². The number of nitrogens with one attached hydrogen (secondary N) is 1. The molecule has 0 radical (unpaired) electrons. The first-order valence-electron chi connectivity index (χ1n) is 6.26. The highest BCUT2D eigenvalue weighted by atomic mass is 32.1. The largest absolute Gasteiger partial charge is 0.310 e. The zero-order valence-electron chi connectivity index (χ0n) is 11.1. The number of hydrogen-bond donors (Lipinski definition) is 1. The fourth-order valence-electron chi connectivity index (χ4n) is 2.73. The normalized spacial score (nSPS) is 24.4. The van der Waals surface area contributed by atoms with E-state index in [1.165, 1.54) is 16.2 Å². The fraction of sp³-hybridized carbons (Fsp3) is 0.714. The molecule has 2 heteroatoms. The summed E-state index contributed by atoms with van der Waals surface area (Å²) in [4.78, 5) is 2.93. The molecule has 0 saturated heterocycles. The quantitative estimate of drug-likeness (QED) is 0.832. The summed E-state index contributed by atoms with van der Waals surface area (Å²) in [5.74, 6) is 0.820. The summed E-state index contributed by atoms with van der Waals surface area (Å²) >= 11 is 1.93. The first kappa shape index (κ1) is 12.1. The Balaban J connectivity index is 2.23. The molecule has 2 rings (SSSR count). The van der Waals surface area contributed by atoms with Crippen LogP contribution in [0.15, 0.2) is 6.07 Å². The van der Waals surface area contributed by atoms with Crippen LogP contribution >= 0.6 is 11.3 Å². The predicted octanol–water partition coefficient (Wildman–Crippen LogP) is 4.06. The van der Waals surface area contributed by atoms with Crippen LogP contribution in [0.4, 0.5) is 0 Å². The van der Waals surface area contributed by atoms with E-state index in [4.69, 9.17) is 0 Å². The van der Waals surface area contributed by atoms with E-state index in [0.29, 0.717) is 11.5 Å². The van der Waals surface area contributed by atoms with Crippen molar-refractivity contribution >= 4 is 11.3 Å². The highest BCUT2D eigenvalue weighted by Crippen LogP contribution is 2.58. The average molecular weight is 237 g/mol. The minimum absolute atomic E-state index is 0.537. The standard InChI is InChI=1S/C14H23NS/c1-6-15-13(12-8-14(12,4)5)11-7-9(2)16-10(11)3/h7,12-13,15H,6,8H2,1-5H3. The Kier molecular flexibility index (Phi) is 3.15. The Labute approximate surface area is 103 Å². The lowest BCUT2D eigenvalue weighted by atomic mass is 9.97. The third kappa shape index (κ3) is 2.18. The van der Waals surface area contributed by atoms with Gasteiger partial charge < -0.3 is 5.32 Å². The molecular weight excluding hydrogens is 214 g/mol. The number of thiophene rings is 1. The molecule has 1 heterocycles. The lowest BCUT2D eigenvalue weighted by molar-refractivity contribution is 0.423. The molecule has 0 bridgehead atoms. The molecule has 1 aliphatic rings. The maximum Gasteiger partial charge on any atom is 0.0364 e. The van der Waals surface area contributed by atoms with Crippen LogP contribution in [0.25, 0.3) is 0 Å². The van der Waals surface area contributed by atoms with E-state index in [2.05, 4.69) is 46.0 Å². The van der Waals surface area contributed by atoms with Gasteiger partial charge in [-0.1, -0.05) is 20.8 Å². The second kappa shape index (κ2) is 4.15. The zero-order valence-corrected chi connectivity index (χ0v) is 11.9. The van der Waals surface area contributed by atoms with Crippen molar-refractivity contribution in [1.29, 1.82) is 0 Å². The molecule has 2 unspecified atom stereocenters. The van der Waals surface area contributed by atoms with Gasteiger partial charge in [-0.25, -0.2) is 0 Å². The summed E-state index contributed by atoms with van der Waals surface area (Å²) in [7, 11) is 0. The van der Waals surface area contributed by atoms with Crippen molar-refractivity contribution in [3.63, 3.8) is 0 Å². The second-order valence-electron chi connectivity index (χ2n) is 5.70. The Morgan fingerprint density at radius 2 is 2.12 bits per heavy atom. The number of hydrogen-bond acceptors (Lipinski definition) is 2. The topological polar surface area (TPSA) is 12.0 Å². The van der Waals surface area contributed by atoms with Crippen LogP contribution < -0.4 is 5.32 Å². The van der Waals surface area contributed by atoms with Gasteiger partial charge in [-0.3, -0.25) is 0 Å². The fourth-order valence-corrected chi connectivity index (χ4v) is 3.70. The minimum Gasteiger partial charge on any atom is -0.310 e. The highest BCUT2D eigenvalue weighted by molar-refractivity contribution is 7.12. The molecule has 0 aliphatic heterocycles. The molecule has 2 atom stereocenters. The molecular formula is C14H23NS. The molecule has 1 saturated carbocycles. The summed E-state index contributed by atoms with van der Waals surface area (Å²) < 4.78 is 0. The van der Waals surface area contributed by atoms with Gasteiger partial charge in [-0.2, -0.15) is 0 Å². The molecule has 1 N–H and O–H groups in total. The van der Waals surface area contributed by atoms with Crippen LogP contribution in [0.2, 0.25) is 0 Å². The van der Waals surface area contributed by atoms with E-state index in [1.54, 1.807) is 5.56 Å². The van der Waals surface area contributed by atoms with E-state index in [9.17, 15) is 0 Å². The van der Waals surface area contributed by atoms with Crippen LogP contribution in [-0.2, 0) is 0 Å². The lowest BCUT2D eigenvalue weighted by Gasteiger charge is -2.20. The van der Waals surface area contributed by atoms with Crippen LogP contribution in [0, 0.1) is 25.2 Å². The maximum atomic E-state index is 3.68. The molecule has 1 fully saturated rings. The van der Waals surface area contributed by atoms with Gasteiger partial charge in [-0.15, -0.1) is 11.3 Å². The van der Waals surface area contributed by atoms with Gasteiger partial charge in [0.15, 0.2) is 0 Å². The average Bonchev–Trinajstić information content (AvgIpc) is 2.66. The molecule has 1 nitrogen and oxygen atoms in total. The zero-order chi connectivity index (χ0) is 11.9. The maximum absolute atomic E-state index is 3.68. The Bertz CT molecular complexity index is 378. The van der Waals surface area contributed by atoms with E-state index in [-0.39, 0.29) is 0 Å². The molecule has 1 aromatic heterocycles. The highest BCUT2D eigenvalue weighted by Gasteiger charge is 2.50. The summed E-state index contributed by atoms with van der Waals surface area (Å²) in [6, 6.07) is 2.95. The molecule has 1 aromatic rings. The third-order valence-electron chi connectivity index (χ3n) is 3.83. The van der Waals surface area contributed by atoms with Crippen molar-refractivity contribution in [3.05, 3.63) is 21.4 Å². The van der Waals surface area contributed by atoms with E-state index < -0.39 is 0 Å². The van der Waals surface area contributed by atoms with E-state index in [1.807, 2.05) is 11.3 Å². The summed E-state index contributed by atoms with van der Waals surface area (Å²) in [5.41, 5.74) is 2.08. The SMILES string of the molecule is CCNC(c1cc(C)sc1C)C1CC1(C)C. The Hall–Kier alpha value is -0.340. The summed E-state index contributed by atoms with van der Waals surface area (Å²) in [5, 5.41) is 3.68. The van der Waals surface area contributed by atoms with Gasteiger partial charge in [0, 0.05) is 15.8 Å². The van der Waals surface area contributed by atoms with E-state index in [0.717, 1.165) is 12.5 Å².